The summed E-state index contributed by atoms with van der Waals surface area (Å²) in [5, 5.41) is 23.9. The van der Waals surface area contributed by atoms with Crippen LogP contribution >= 0.6 is 0 Å². The normalized spacial score (nSPS) is 9.20. The molecule has 0 amide bonds. The van der Waals surface area contributed by atoms with Crippen molar-refractivity contribution in [1.82, 2.24) is 0 Å². The number of aliphatic hydroxyl groups is 3. The number of rotatable bonds is 7. The van der Waals surface area contributed by atoms with Gasteiger partial charge in [0.25, 0.3) is 0 Å². The molecule has 0 aliphatic rings. The summed E-state index contributed by atoms with van der Waals surface area (Å²) in [7, 11) is 1.55. The van der Waals surface area contributed by atoms with E-state index in [0.717, 1.165) is 19.6 Å². The summed E-state index contributed by atoms with van der Waals surface area (Å²) in [6, 6.07) is 0. The third-order valence-corrected chi connectivity index (χ3v) is 1.48. The number of hydrogen-bond acceptors (Lipinski definition) is 7. The molecule has 0 aliphatic heterocycles. The van der Waals surface area contributed by atoms with Gasteiger partial charge in [0.1, 0.15) is 0 Å². The lowest BCUT2D eigenvalue weighted by atomic mass is 10.5. The average Bonchev–Trinajstić information content (AvgIpc) is 2.57. The molecule has 0 aromatic heterocycles. The second-order valence-corrected chi connectivity index (χ2v) is 4.28. The Labute approximate surface area is 154 Å². The second-order valence-electron chi connectivity index (χ2n) is 4.28. The zero-order valence-electron chi connectivity index (χ0n) is 17.3. The molecule has 0 aromatic rings. The first-order chi connectivity index (χ1) is 11.8. The maximum absolute atomic E-state index is 9.98. The van der Waals surface area contributed by atoms with E-state index in [9.17, 15) is 4.79 Å². The molecule has 156 valence electrons. The molecule has 3 N–H and O–H groups in total. The van der Waals surface area contributed by atoms with Crippen molar-refractivity contribution in [2.75, 3.05) is 46.8 Å². The predicted octanol–water partition coefficient (Wildman–Crippen LogP) is 2.18. The summed E-state index contributed by atoms with van der Waals surface area (Å²) in [4.78, 5) is 9.98. The lowest BCUT2D eigenvalue weighted by molar-refractivity contribution is -0.140. The molecule has 0 bridgehead atoms. The molecule has 25 heavy (non-hydrogen) atoms. The minimum absolute atomic E-state index is 0.122. The summed E-state index contributed by atoms with van der Waals surface area (Å²) in [6.45, 7) is 16.8. The minimum Gasteiger partial charge on any atom is -0.466 e. The highest BCUT2D eigenvalue weighted by Gasteiger charge is 1.85. The standard InChI is InChI=1S/C5H10O2.C4H10O.2C3H8O2.C3H6/c1-3-4-7-5(2)6;1-3-5-4-2;1-5-3-2-4;1-3(5)2-4;1-3-2/h3-4H2,1-2H3;3-4H2,1-2H3;4H,2-3H2,1H3;3-5H,2H2,1H3;3H,1H2,2H3. The van der Waals surface area contributed by atoms with Crippen LogP contribution in [0.15, 0.2) is 12.7 Å². The number of carbonyl (C=O) groups excluding carboxylic acids is 1. The summed E-state index contributed by atoms with van der Waals surface area (Å²) in [6.07, 6.45) is 2.09. The van der Waals surface area contributed by atoms with Crippen molar-refractivity contribution in [2.45, 2.75) is 54.1 Å². The number of allylic oxidation sites excluding steroid dienone is 1. The fourth-order valence-corrected chi connectivity index (χ4v) is 0.541. The lowest BCUT2D eigenvalue weighted by Crippen LogP contribution is -2.03. The zero-order chi connectivity index (χ0) is 20.9. The number of hydrogen-bond donors (Lipinski definition) is 3. The Morgan fingerprint density at radius 3 is 1.60 bits per heavy atom. The smallest absolute Gasteiger partial charge is 0.302 e. The monoisotopic (exact) mass is 370 g/mol. The van der Waals surface area contributed by atoms with E-state index in [0.29, 0.717) is 13.2 Å². The molecule has 0 fully saturated rings. The molecule has 1 atom stereocenters. The van der Waals surface area contributed by atoms with Crippen LogP contribution in [0.1, 0.15) is 48.0 Å². The van der Waals surface area contributed by atoms with Gasteiger partial charge in [-0.1, -0.05) is 13.0 Å². The Morgan fingerprint density at radius 2 is 1.56 bits per heavy atom. The van der Waals surface area contributed by atoms with Gasteiger partial charge in [-0.2, -0.15) is 0 Å². The van der Waals surface area contributed by atoms with Crippen molar-refractivity contribution < 1.29 is 34.3 Å². The highest BCUT2D eigenvalue weighted by atomic mass is 16.5. The van der Waals surface area contributed by atoms with E-state index in [-0.39, 0.29) is 19.2 Å². The molecule has 0 rings (SSSR count). The Kier molecular flexibility index (Phi) is 61.2. The van der Waals surface area contributed by atoms with E-state index in [1.54, 1.807) is 13.2 Å². The predicted molar refractivity (Wildman–Crippen MR) is 103 cm³/mol. The minimum atomic E-state index is -0.560. The van der Waals surface area contributed by atoms with E-state index >= 15 is 0 Å². The largest absolute Gasteiger partial charge is 0.466 e. The first-order valence-corrected chi connectivity index (χ1v) is 8.45. The van der Waals surface area contributed by atoms with Gasteiger partial charge in [-0.15, -0.1) is 6.58 Å². The van der Waals surface area contributed by atoms with Crippen LogP contribution in [-0.2, 0) is 19.0 Å². The molecule has 7 heteroatoms. The van der Waals surface area contributed by atoms with Crippen molar-refractivity contribution in [3.8, 4) is 0 Å². The molecule has 0 spiro atoms. The maximum atomic E-state index is 9.98. The lowest BCUT2D eigenvalue weighted by Gasteiger charge is -1.93. The van der Waals surface area contributed by atoms with Crippen molar-refractivity contribution in [3.63, 3.8) is 0 Å². The number of methoxy groups -OCH3 is 1. The van der Waals surface area contributed by atoms with Gasteiger partial charge >= 0.3 is 5.97 Å². The highest BCUT2D eigenvalue weighted by Crippen LogP contribution is 1.78. The molecular weight excluding hydrogens is 328 g/mol. The molecule has 1 unspecified atom stereocenters. The van der Waals surface area contributed by atoms with Gasteiger partial charge in [0.15, 0.2) is 0 Å². The van der Waals surface area contributed by atoms with Gasteiger partial charge in [0, 0.05) is 27.2 Å². The Balaban J connectivity index is -0.0000000683. The Morgan fingerprint density at radius 1 is 1.16 bits per heavy atom. The van der Waals surface area contributed by atoms with Gasteiger partial charge in [-0.05, 0) is 34.1 Å². The summed E-state index contributed by atoms with van der Waals surface area (Å²) >= 11 is 0. The number of ether oxygens (including phenoxy) is 3. The molecule has 0 aromatic carbocycles. The molecule has 0 saturated carbocycles. The van der Waals surface area contributed by atoms with Crippen LogP contribution in [0, 0.1) is 0 Å². The molecule has 7 nitrogen and oxygen atoms in total. The number of aliphatic hydroxyl groups excluding tert-OH is 3. The summed E-state index contributed by atoms with van der Waals surface area (Å²) in [5.41, 5.74) is 0. The van der Waals surface area contributed by atoms with Gasteiger partial charge in [0.05, 0.1) is 32.5 Å². The van der Waals surface area contributed by atoms with E-state index in [1.165, 1.54) is 13.8 Å². The fraction of sp³-hybridized carbons (Fsp3) is 0.833. The molecule has 0 aliphatic carbocycles. The maximum Gasteiger partial charge on any atom is 0.302 e. The zero-order valence-corrected chi connectivity index (χ0v) is 17.3. The van der Waals surface area contributed by atoms with Crippen LogP contribution in [0.2, 0.25) is 0 Å². The first-order valence-electron chi connectivity index (χ1n) is 8.45. The van der Waals surface area contributed by atoms with Gasteiger partial charge in [-0.25, -0.2) is 0 Å². The van der Waals surface area contributed by atoms with E-state index < -0.39 is 6.10 Å². The number of esters is 1. The average molecular weight is 371 g/mol. The topological polar surface area (TPSA) is 105 Å². The quantitative estimate of drug-likeness (QED) is 0.466. The van der Waals surface area contributed by atoms with Gasteiger partial charge < -0.3 is 29.5 Å². The van der Waals surface area contributed by atoms with Crippen LogP contribution in [-0.4, -0.2) is 74.1 Å². The van der Waals surface area contributed by atoms with E-state index in [4.69, 9.17) is 20.1 Å². The first kappa shape index (κ1) is 35.2. The molecule has 0 radical (unpaired) electrons. The van der Waals surface area contributed by atoms with Crippen LogP contribution in [0.3, 0.4) is 0 Å². The van der Waals surface area contributed by atoms with E-state index in [2.05, 4.69) is 16.1 Å². The third kappa shape index (κ3) is 125. The van der Waals surface area contributed by atoms with Crippen LogP contribution in [0.25, 0.3) is 0 Å². The van der Waals surface area contributed by atoms with Gasteiger partial charge in [0.2, 0.25) is 0 Å². The second kappa shape index (κ2) is 43.5. The van der Waals surface area contributed by atoms with Crippen molar-refractivity contribution in [2.24, 2.45) is 0 Å². The molecule has 0 heterocycles. The van der Waals surface area contributed by atoms with Crippen LogP contribution in [0.5, 0.6) is 0 Å². The fourth-order valence-electron chi connectivity index (χ4n) is 0.541. The number of carbonyl (C=O) groups is 1. The third-order valence-electron chi connectivity index (χ3n) is 1.48. The van der Waals surface area contributed by atoms with Crippen molar-refractivity contribution in [1.29, 1.82) is 0 Å². The highest BCUT2D eigenvalue weighted by molar-refractivity contribution is 5.65. The molecular formula is C18H42O7. The van der Waals surface area contributed by atoms with Crippen molar-refractivity contribution in [3.05, 3.63) is 12.7 Å². The van der Waals surface area contributed by atoms with E-state index in [1.807, 2.05) is 27.7 Å². The van der Waals surface area contributed by atoms with Crippen LogP contribution < -0.4 is 0 Å². The summed E-state index contributed by atoms with van der Waals surface area (Å²) in [5.74, 6) is -0.193. The summed E-state index contributed by atoms with van der Waals surface area (Å²) < 4.78 is 13.8. The van der Waals surface area contributed by atoms with Crippen LogP contribution in [0.4, 0.5) is 0 Å². The molecule has 0 saturated heterocycles. The van der Waals surface area contributed by atoms with Gasteiger partial charge in [-0.3, -0.25) is 4.79 Å². The van der Waals surface area contributed by atoms with Crippen molar-refractivity contribution >= 4 is 5.97 Å². The Bertz CT molecular complexity index is 200. The SMILES string of the molecule is C=CC.CC(O)CO.CCCOC(C)=O.CCOCC.COCCO. The Hall–Kier alpha value is -0.990.